The Labute approximate surface area is 118 Å². The van der Waals surface area contributed by atoms with Gasteiger partial charge in [-0.05, 0) is 36.6 Å². The maximum atomic E-state index is 12.4. The molecule has 1 aliphatic heterocycles. The number of nitrogens with one attached hydrogen (secondary N) is 2. The molecule has 0 spiro atoms. The summed E-state index contributed by atoms with van der Waals surface area (Å²) in [5, 5.41) is 6.46. The number of carbonyl (C=O) groups excluding carboxylic acids is 1. The van der Waals surface area contributed by atoms with Crippen LogP contribution in [0.2, 0.25) is 0 Å². The number of carbonyl (C=O) groups is 1. The Morgan fingerprint density at radius 3 is 2.75 bits per heavy atom. The summed E-state index contributed by atoms with van der Waals surface area (Å²) < 4.78 is 5.21. The number of benzene rings is 1. The van der Waals surface area contributed by atoms with E-state index in [0.717, 1.165) is 54.2 Å². The summed E-state index contributed by atoms with van der Waals surface area (Å²) in [6.45, 7) is 1.78. The molecule has 1 aromatic rings. The molecule has 104 valence electrons. The Balaban J connectivity index is 1.86. The lowest BCUT2D eigenvalue weighted by Gasteiger charge is -2.03. The minimum Gasteiger partial charge on any atom is -0.497 e. The third kappa shape index (κ3) is 2.41. The van der Waals surface area contributed by atoms with Crippen molar-refractivity contribution in [3.05, 3.63) is 46.8 Å². The Bertz CT molecular complexity index is 594. The van der Waals surface area contributed by atoms with Crippen molar-refractivity contribution in [3.8, 4) is 5.75 Å². The minimum atomic E-state index is 0.157. The van der Waals surface area contributed by atoms with Gasteiger partial charge in [-0.3, -0.25) is 4.79 Å². The number of ketones is 1. The number of Topliss-reactive ketones (excluding diaryl/α,β-unsaturated/α-hetero) is 1. The van der Waals surface area contributed by atoms with Gasteiger partial charge in [0.2, 0.25) is 0 Å². The first-order valence-electron chi connectivity index (χ1n) is 6.88. The number of methoxy groups -OCH3 is 1. The molecule has 2 N–H and O–H groups in total. The second kappa shape index (κ2) is 5.41. The molecule has 20 heavy (non-hydrogen) atoms. The topological polar surface area (TPSA) is 50.4 Å². The van der Waals surface area contributed by atoms with E-state index in [0.29, 0.717) is 0 Å². The molecule has 2 fully saturated rings. The number of hydrogen-bond donors (Lipinski definition) is 2. The lowest BCUT2D eigenvalue weighted by Crippen LogP contribution is -2.15. The lowest BCUT2D eigenvalue weighted by molar-refractivity contribution is -0.111. The highest BCUT2D eigenvalue weighted by atomic mass is 16.5. The van der Waals surface area contributed by atoms with Crippen LogP contribution in [0.5, 0.6) is 5.75 Å². The van der Waals surface area contributed by atoms with Gasteiger partial charge < -0.3 is 15.4 Å². The van der Waals surface area contributed by atoms with Crippen LogP contribution in [0.25, 0.3) is 6.08 Å². The summed E-state index contributed by atoms with van der Waals surface area (Å²) in [5.41, 5.74) is 2.76. The number of ether oxygens (including phenoxy) is 1. The van der Waals surface area contributed by atoms with Crippen LogP contribution in [0.15, 0.2) is 41.2 Å². The highest BCUT2D eigenvalue weighted by Gasteiger charge is 2.27. The van der Waals surface area contributed by atoms with Gasteiger partial charge in [-0.15, -0.1) is 0 Å². The van der Waals surface area contributed by atoms with Gasteiger partial charge in [0.15, 0.2) is 5.78 Å². The lowest BCUT2D eigenvalue weighted by atomic mass is 10.1. The molecular weight excluding hydrogens is 252 g/mol. The van der Waals surface area contributed by atoms with Crippen LogP contribution in [0.3, 0.4) is 0 Å². The van der Waals surface area contributed by atoms with Crippen molar-refractivity contribution in [2.24, 2.45) is 0 Å². The first-order valence-corrected chi connectivity index (χ1v) is 6.88. The van der Waals surface area contributed by atoms with Crippen LogP contribution in [0.4, 0.5) is 0 Å². The van der Waals surface area contributed by atoms with Gasteiger partial charge in [0.25, 0.3) is 0 Å². The number of allylic oxidation sites excluding steroid dienone is 2. The molecule has 4 heteroatoms. The molecule has 4 nitrogen and oxygen atoms in total. The van der Waals surface area contributed by atoms with Crippen molar-refractivity contribution in [2.45, 2.75) is 12.8 Å². The van der Waals surface area contributed by atoms with Crippen LogP contribution < -0.4 is 15.4 Å². The van der Waals surface area contributed by atoms with Crippen LogP contribution in [0, 0.1) is 0 Å². The predicted molar refractivity (Wildman–Crippen MR) is 78.2 cm³/mol. The minimum absolute atomic E-state index is 0.157. The fraction of sp³-hybridized carbons (Fsp3) is 0.312. The highest BCUT2D eigenvalue weighted by molar-refractivity contribution is 6.13. The molecular formula is C16H18N2O2. The summed E-state index contributed by atoms with van der Waals surface area (Å²) in [4.78, 5) is 12.4. The number of hydrogen-bond acceptors (Lipinski definition) is 4. The van der Waals surface area contributed by atoms with Gasteiger partial charge in [-0.2, -0.15) is 0 Å². The summed E-state index contributed by atoms with van der Waals surface area (Å²) >= 11 is 0. The number of rotatable bonds is 2. The molecule has 1 aromatic carbocycles. The molecule has 1 aliphatic carbocycles. The zero-order chi connectivity index (χ0) is 13.9. The smallest absolute Gasteiger partial charge is 0.188 e. The van der Waals surface area contributed by atoms with Gasteiger partial charge in [0, 0.05) is 24.2 Å². The maximum absolute atomic E-state index is 12.4. The Morgan fingerprint density at radius 2 is 2.00 bits per heavy atom. The zero-order valence-electron chi connectivity index (χ0n) is 11.5. The van der Waals surface area contributed by atoms with Crippen molar-refractivity contribution in [2.75, 3.05) is 20.2 Å². The van der Waals surface area contributed by atoms with Crippen molar-refractivity contribution >= 4 is 11.9 Å². The van der Waals surface area contributed by atoms with E-state index >= 15 is 0 Å². The molecule has 0 bridgehead atoms. The van der Waals surface area contributed by atoms with Gasteiger partial charge >= 0.3 is 0 Å². The van der Waals surface area contributed by atoms with Crippen LogP contribution in [0.1, 0.15) is 18.4 Å². The Hall–Kier alpha value is -2.23. The van der Waals surface area contributed by atoms with E-state index in [4.69, 9.17) is 4.74 Å². The van der Waals surface area contributed by atoms with Gasteiger partial charge in [-0.25, -0.2) is 0 Å². The van der Waals surface area contributed by atoms with Crippen molar-refractivity contribution in [1.29, 1.82) is 0 Å². The molecule has 1 saturated carbocycles. The van der Waals surface area contributed by atoms with Crippen LogP contribution in [-0.2, 0) is 4.79 Å². The molecule has 0 aromatic heterocycles. The second-order valence-corrected chi connectivity index (χ2v) is 4.98. The fourth-order valence-electron chi connectivity index (χ4n) is 2.64. The Morgan fingerprint density at radius 1 is 1.20 bits per heavy atom. The van der Waals surface area contributed by atoms with Crippen molar-refractivity contribution in [1.82, 2.24) is 10.6 Å². The summed E-state index contributed by atoms with van der Waals surface area (Å²) in [6.07, 6.45) is 3.58. The molecule has 0 radical (unpaired) electrons. The van der Waals surface area contributed by atoms with E-state index in [1.807, 2.05) is 30.3 Å². The normalized spacial score (nSPS) is 20.2. The standard InChI is InChI=1S/C16H18N2O2/c1-20-13-4-2-3-11(10-13)9-12-5-6-14(15(12)19)16-17-7-8-18-16/h2-4,9-10,17-18H,5-8H2,1H3/b12-9+. The molecule has 0 amide bonds. The molecule has 0 unspecified atom stereocenters. The SMILES string of the molecule is COc1cccc(/C=C2\CCC(=C3NCCN3)C2=O)c1. The molecule has 1 saturated heterocycles. The summed E-state index contributed by atoms with van der Waals surface area (Å²) in [6, 6.07) is 7.76. The highest BCUT2D eigenvalue weighted by Crippen LogP contribution is 2.29. The largest absolute Gasteiger partial charge is 0.497 e. The average molecular weight is 270 g/mol. The van der Waals surface area contributed by atoms with Crippen molar-refractivity contribution < 1.29 is 9.53 Å². The summed E-state index contributed by atoms with van der Waals surface area (Å²) in [5.74, 6) is 1.89. The third-order valence-corrected chi connectivity index (χ3v) is 3.68. The average Bonchev–Trinajstić information content (AvgIpc) is 3.10. The van der Waals surface area contributed by atoms with E-state index in [-0.39, 0.29) is 5.78 Å². The first-order chi connectivity index (χ1) is 9.78. The monoisotopic (exact) mass is 270 g/mol. The summed E-state index contributed by atoms with van der Waals surface area (Å²) in [7, 11) is 1.65. The van der Waals surface area contributed by atoms with Gasteiger partial charge in [0.05, 0.1) is 7.11 Å². The molecule has 1 heterocycles. The molecule has 0 atom stereocenters. The second-order valence-electron chi connectivity index (χ2n) is 4.98. The quantitative estimate of drug-likeness (QED) is 0.805. The molecule has 3 rings (SSSR count). The maximum Gasteiger partial charge on any atom is 0.188 e. The van der Waals surface area contributed by atoms with E-state index < -0.39 is 0 Å². The van der Waals surface area contributed by atoms with E-state index in [1.54, 1.807) is 7.11 Å². The van der Waals surface area contributed by atoms with E-state index in [2.05, 4.69) is 10.6 Å². The predicted octanol–water partition coefficient (Wildman–Crippen LogP) is 1.85. The van der Waals surface area contributed by atoms with Crippen LogP contribution >= 0.6 is 0 Å². The van der Waals surface area contributed by atoms with Crippen LogP contribution in [-0.4, -0.2) is 26.0 Å². The zero-order valence-corrected chi connectivity index (χ0v) is 11.5. The van der Waals surface area contributed by atoms with E-state index in [9.17, 15) is 4.79 Å². The van der Waals surface area contributed by atoms with Gasteiger partial charge in [-0.1, -0.05) is 12.1 Å². The fourth-order valence-corrected chi connectivity index (χ4v) is 2.64. The van der Waals surface area contributed by atoms with Gasteiger partial charge in [0.1, 0.15) is 11.6 Å². The molecule has 2 aliphatic rings. The van der Waals surface area contributed by atoms with Crippen molar-refractivity contribution in [3.63, 3.8) is 0 Å². The third-order valence-electron chi connectivity index (χ3n) is 3.68. The Kier molecular flexibility index (Phi) is 3.46. The first kappa shape index (κ1) is 12.8. The van der Waals surface area contributed by atoms with E-state index in [1.165, 1.54) is 0 Å².